The summed E-state index contributed by atoms with van der Waals surface area (Å²) in [5, 5.41) is 0. The first-order valence-electron chi connectivity index (χ1n) is 5.81. The van der Waals surface area contributed by atoms with Gasteiger partial charge in [0.25, 0.3) is 0 Å². The largest absolute Gasteiger partial charge is 0.424 e. The second-order valence-corrected chi connectivity index (χ2v) is 5.96. The highest BCUT2D eigenvalue weighted by molar-refractivity contribution is 7.06. The van der Waals surface area contributed by atoms with Crippen molar-refractivity contribution in [3.8, 4) is 0 Å². The molecule has 0 fully saturated rings. The van der Waals surface area contributed by atoms with Gasteiger partial charge >= 0.3 is 0 Å². The summed E-state index contributed by atoms with van der Waals surface area (Å²) in [4.78, 5) is 5.45. The Labute approximate surface area is 110 Å². The zero-order valence-electron chi connectivity index (χ0n) is 11.0. The normalized spacial score (nSPS) is 12.3. The fraction of sp³-hybridized carbons (Fsp3) is 0.500. The number of hydrogen-bond acceptors (Lipinski definition) is 6. The molecule has 0 aliphatic carbocycles. The first-order valence-corrected chi connectivity index (χ1v) is 6.58. The Morgan fingerprint density at radius 1 is 1.33 bits per heavy atom. The van der Waals surface area contributed by atoms with Crippen molar-refractivity contribution in [1.29, 1.82) is 0 Å². The Kier molecular flexibility index (Phi) is 3.06. The second kappa shape index (κ2) is 4.28. The van der Waals surface area contributed by atoms with E-state index in [0.29, 0.717) is 17.5 Å². The molecule has 2 heterocycles. The van der Waals surface area contributed by atoms with Gasteiger partial charge in [-0.25, -0.2) is 4.98 Å². The zero-order chi connectivity index (χ0) is 13.5. The fourth-order valence-electron chi connectivity index (χ4n) is 1.84. The summed E-state index contributed by atoms with van der Waals surface area (Å²) in [5.74, 6) is 1.20. The predicted octanol–water partition coefficient (Wildman–Crippen LogP) is 2.74. The molecule has 0 radical (unpaired) electrons. The fourth-order valence-corrected chi connectivity index (χ4v) is 2.59. The molecule has 0 amide bonds. The maximum atomic E-state index is 5.92. The van der Waals surface area contributed by atoms with Crippen molar-refractivity contribution in [2.45, 2.75) is 39.0 Å². The molecule has 0 bridgehead atoms. The van der Waals surface area contributed by atoms with Gasteiger partial charge in [0.05, 0.1) is 22.2 Å². The van der Waals surface area contributed by atoms with Gasteiger partial charge in [-0.1, -0.05) is 13.8 Å². The Morgan fingerprint density at radius 3 is 2.44 bits per heavy atom. The average molecular weight is 266 g/mol. The van der Waals surface area contributed by atoms with E-state index >= 15 is 0 Å². The van der Waals surface area contributed by atoms with Crippen LogP contribution in [-0.2, 0) is 5.41 Å². The van der Waals surface area contributed by atoms with Crippen LogP contribution < -0.4 is 11.5 Å². The van der Waals surface area contributed by atoms with Crippen molar-refractivity contribution in [2.24, 2.45) is 0 Å². The van der Waals surface area contributed by atoms with Crippen LogP contribution in [0.1, 0.15) is 50.1 Å². The summed E-state index contributed by atoms with van der Waals surface area (Å²) < 4.78 is 9.70. The lowest BCUT2D eigenvalue weighted by atomic mass is 9.90. The Morgan fingerprint density at radius 2 is 2.00 bits per heavy atom. The topological polar surface area (TPSA) is 91.0 Å². The number of aromatic nitrogens is 2. The van der Waals surface area contributed by atoms with Crippen molar-refractivity contribution >= 4 is 23.1 Å². The molecule has 0 saturated carbocycles. The number of hydrogen-bond donors (Lipinski definition) is 2. The molecular formula is C12H18N4OS. The monoisotopic (exact) mass is 266 g/mol. The van der Waals surface area contributed by atoms with Crippen molar-refractivity contribution in [1.82, 2.24) is 9.36 Å². The highest BCUT2D eigenvalue weighted by Gasteiger charge is 2.33. The summed E-state index contributed by atoms with van der Waals surface area (Å²) in [6, 6.07) is 0. The lowest BCUT2D eigenvalue weighted by Gasteiger charge is -2.19. The molecule has 0 unspecified atom stereocenters. The van der Waals surface area contributed by atoms with E-state index in [-0.39, 0.29) is 5.92 Å². The van der Waals surface area contributed by atoms with Crippen LogP contribution >= 0.6 is 11.5 Å². The van der Waals surface area contributed by atoms with Crippen LogP contribution in [-0.4, -0.2) is 9.36 Å². The molecule has 98 valence electrons. The Balaban J connectivity index is 2.48. The maximum absolute atomic E-state index is 5.92. The Bertz CT molecular complexity index is 556. The van der Waals surface area contributed by atoms with Crippen molar-refractivity contribution in [3.05, 3.63) is 22.7 Å². The van der Waals surface area contributed by atoms with Gasteiger partial charge in [0.1, 0.15) is 5.69 Å². The number of rotatable bonds is 3. The summed E-state index contributed by atoms with van der Waals surface area (Å²) in [6.45, 7) is 8.08. The standard InChI is InChI=1S/C12H18N4OS/c1-6(2)8-10(14)17-11(16-8)12(3,4)9-7(13)5-15-18-9/h5-6H,13-14H2,1-4H3. The maximum Gasteiger partial charge on any atom is 0.214 e. The first-order chi connectivity index (χ1) is 8.34. The van der Waals surface area contributed by atoms with Crippen molar-refractivity contribution in [3.63, 3.8) is 0 Å². The number of nitrogen functional groups attached to an aromatic ring is 2. The highest BCUT2D eigenvalue weighted by Crippen LogP contribution is 2.38. The van der Waals surface area contributed by atoms with E-state index in [1.165, 1.54) is 11.5 Å². The summed E-state index contributed by atoms with van der Waals surface area (Å²) in [5.41, 5.74) is 12.8. The minimum atomic E-state index is -0.424. The number of oxazole rings is 1. The molecule has 0 aromatic carbocycles. The molecule has 18 heavy (non-hydrogen) atoms. The lowest BCUT2D eigenvalue weighted by molar-refractivity contribution is 0.427. The van der Waals surface area contributed by atoms with Crippen LogP contribution in [0.5, 0.6) is 0 Å². The molecule has 2 aromatic rings. The van der Waals surface area contributed by atoms with Crippen LogP contribution in [0.15, 0.2) is 10.6 Å². The van der Waals surface area contributed by atoms with Gasteiger partial charge in [-0.3, -0.25) is 0 Å². The molecule has 0 atom stereocenters. The molecule has 0 saturated heterocycles. The molecule has 6 heteroatoms. The van der Waals surface area contributed by atoms with Crippen molar-refractivity contribution in [2.75, 3.05) is 11.5 Å². The minimum absolute atomic E-state index is 0.233. The number of nitrogens with two attached hydrogens (primary N) is 2. The third-order valence-corrected chi connectivity index (χ3v) is 4.07. The lowest BCUT2D eigenvalue weighted by Crippen LogP contribution is -2.19. The van der Waals surface area contributed by atoms with E-state index in [1.807, 2.05) is 27.7 Å². The van der Waals surface area contributed by atoms with E-state index in [1.54, 1.807) is 6.20 Å². The van der Waals surface area contributed by atoms with Crippen LogP contribution in [0.3, 0.4) is 0 Å². The van der Waals surface area contributed by atoms with Gasteiger partial charge in [-0.2, -0.15) is 4.37 Å². The second-order valence-electron chi connectivity index (χ2n) is 5.16. The highest BCUT2D eigenvalue weighted by atomic mass is 32.1. The van der Waals surface area contributed by atoms with E-state index in [4.69, 9.17) is 15.9 Å². The summed E-state index contributed by atoms with van der Waals surface area (Å²) >= 11 is 1.36. The number of anilines is 2. The molecule has 0 aliphatic rings. The summed E-state index contributed by atoms with van der Waals surface area (Å²) in [6.07, 6.45) is 1.65. The van der Waals surface area contributed by atoms with Crippen LogP contribution in [0.2, 0.25) is 0 Å². The molecule has 2 rings (SSSR count). The molecular weight excluding hydrogens is 248 g/mol. The van der Waals surface area contributed by atoms with Gasteiger partial charge in [0.2, 0.25) is 11.8 Å². The van der Waals surface area contributed by atoms with Crippen LogP contribution in [0.25, 0.3) is 0 Å². The zero-order valence-corrected chi connectivity index (χ0v) is 11.8. The SMILES string of the molecule is CC(C)c1nc(C(C)(C)c2sncc2N)oc1N. The van der Waals surface area contributed by atoms with Crippen molar-refractivity contribution < 1.29 is 4.42 Å². The molecule has 4 N–H and O–H groups in total. The van der Waals surface area contributed by atoms with Gasteiger partial charge in [0, 0.05) is 5.92 Å². The molecule has 5 nitrogen and oxygen atoms in total. The van der Waals surface area contributed by atoms with Gasteiger partial charge in [0.15, 0.2) is 0 Å². The third kappa shape index (κ3) is 1.96. The van der Waals surface area contributed by atoms with Gasteiger partial charge < -0.3 is 15.9 Å². The minimum Gasteiger partial charge on any atom is -0.424 e. The van der Waals surface area contributed by atoms with Crippen LogP contribution in [0.4, 0.5) is 11.6 Å². The van der Waals surface area contributed by atoms with E-state index < -0.39 is 5.41 Å². The van der Waals surface area contributed by atoms with E-state index in [0.717, 1.165) is 10.6 Å². The molecule has 0 aliphatic heterocycles. The average Bonchev–Trinajstić information content (AvgIpc) is 2.84. The summed E-state index contributed by atoms with van der Waals surface area (Å²) in [7, 11) is 0. The van der Waals surface area contributed by atoms with E-state index in [2.05, 4.69) is 9.36 Å². The molecule has 2 aromatic heterocycles. The van der Waals surface area contributed by atoms with Gasteiger partial charge in [-0.15, -0.1) is 0 Å². The Hall–Kier alpha value is -1.56. The van der Waals surface area contributed by atoms with Gasteiger partial charge in [-0.05, 0) is 25.4 Å². The van der Waals surface area contributed by atoms with Crippen LogP contribution in [0, 0.1) is 0 Å². The van der Waals surface area contributed by atoms with E-state index in [9.17, 15) is 0 Å². The quantitative estimate of drug-likeness (QED) is 0.891. The third-order valence-electron chi connectivity index (χ3n) is 2.93. The smallest absolute Gasteiger partial charge is 0.214 e. The number of nitrogens with zero attached hydrogens (tertiary/aromatic N) is 2. The first kappa shape index (κ1) is 12.9. The predicted molar refractivity (Wildman–Crippen MR) is 73.7 cm³/mol. The molecule has 0 spiro atoms.